The molecule has 0 saturated carbocycles. The topological polar surface area (TPSA) is 26.3 Å². The van der Waals surface area contributed by atoms with Gasteiger partial charge in [-0.05, 0) is 24.6 Å². The molecule has 1 atom stereocenters. The fourth-order valence-corrected chi connectivity index (χ4v) is 1.18. The van der Waals surface area contributed by atoms with E-state index >= 15 is 0 Å². The lowest BCUT2D eigenvalue weighted by Gasteiger charge is -2.11. The van der Waals surface area contributed by atoms with Crippen LogP contribution in [-0.4, -0.2) is 5.97 Å². The highest BCUT2D eigenvalue weighted by atomic mass is 35.5. The van der Waals surface area contributed by atoms with Crippen LogP contribution in [0.2, 0.25) is 5.02 Å². The molecule has 0 saturated heterocycles. The Balaban J connectivity index is 2.71. The van der Waals surface area contributed by atoms with Gasteiger partial charge in [-0.3, -0.25) is 4.79 Å². The Morgan fingerprint density at radius 2 is 1.92 bits per heavy atom. The molecule has 0 aliphatic carbocycles. The van der Waals surface area contributed by atoms with Crippen molar-refractivity contribution in [1.82, 2.24) is 0 Å². The smallest absolute Gasteiger partial charge is 0.303 e. The quantitative estimate of drug-likeness (QED) is 0.683. The maximum absolute atomic E-state index is 10.6. The second kappa shape index (κ2) is 4.28. The summed E-state index contributed by atoms with van der Waals surface area (Å²) < 4.78 is 4.99. The van der Waals surface area contributed by atoms with Crippen LogP contribution < -0.4 is 0 Å². The van der Waals surface area contributed by atoms with E-state index in [-0.39, 0.29) is 12.1 Å². The van der Waals surface area contributed by atoms with Gasteiger partial charge in [-0.2, -0.15) is 0 Å². The molecule has 70 valence electrons. The van der Waals surface area contributed by atoms with Crippen molar-refractivity contribution in [2.24, 2.45) is 0 Å². The van der Waals surface area contributed by atoms with Gasteiger partial charge in [-0.15, -0.1) is 0 Å². The molecule has 13 heavy (non-hydrogen) atoms. The summed E-state index contributed by atoms with van der Waals surface area (Å²) in [6, 6.07) is 7.24. The molecule has 1 aromatic rings. The molecular weight excluding hydrogens is 188 g/mol. The van der Waals surface area contributed by atoms with E-state index in [1.54, 1.807) is 12.1 Å². The third-order valence-electron chi connectivity index (χ3n) is 1.68. The van der Waals surface area contributed by atoms with E-state index < -0.39 is 0 Å². The zero-order valence-corrected chi connectivity index (χ0v) is 8.34. The Morgan fingerprint density at radius 1 is 1.38 bits per heavy atom. The highest BCUT2D eigenvalue weighted by Gasteiger charge is 2.07. The third-order valence-corrected chi connectivity index (χ3v) is 1.93. The van der Waals surface area contributed by atoms with Crippen LogP contribution in [0.5, 0.6) is 0 Å². The number of hydrogen-bond donors (Lipinski definition) is 0. The van der Waals surface area contributed by atoms with Crippen molar-refractivity contribution >= 4 is 17.6 Å². The fraction of sp³-hybridized carbons (Fsp3) is 0.300. The molecular formula is C10H11ClO2. The van der Waals surface area contributed by atoms with Crippen molar-refractivity contribution in [2.75, 3.05) is 0 Å². The van der Waals surface area contributed by atoms with Crippen LogP contribution in [0, 0.1) is 0 Å². The summed E-state index contributed by atoms with van der Waals surface area (Å²) in [4.78, 5) is 10.6. The number of hydrogen-bond acceptors (Lipinski definition) is 2. The highest BCUT2D eigenvalue weighted by Crippen LogP contribution is 2.18. The Kier molecular flexibility index (Phi) is 3.32. The average molecular weight is 199 g/mol. The summed E-state index contributed by atoms with van der Waals surface area (Å²) in [5.74, 6) is -0.276. The summed E-state index contributed by atoms with van der Waals surface area (Å²) in [5, 5.41) is 0.679. The van der Waals surface area contributed by atoms with Crippen LogP contribution in [-0.2, 0) is 9.53 Å². The maximum atomic E-state index is 10.6. The summed E-state index contributed by atoms with van der Waals surface area (Å²) in [6.45, 7) is 3.22. The fourth-order valence-electron chi connectivity index (χ4n) is 1.05. The maximum Gasteiger partial charge on any atom is 0.303 e. The van der Waals surface area contributed by atoms with Gasteiger partial charge in [-0.1, -0.05) is 23.7 Å². The first-order valence-electron chi connectivity index (χ1n) is 4.02. The van der Waals surface area contributed by atoms with E-state index in [0.717, 1.165) is 5.56 Å². The minimum atomic E-state index is -0.276. The average Bonchev–Trinajstić information content (AvgIpc) is 2.04. The van der Waals surface area contributed by atoms with Gasteiger partial charge < -0.3 is 4.74 Å². The molecule has 0 amide bonds. The van der Waals surface area contributed by atoms with E-state index in [2.05, 4.69) is 0 Å². The molecule has 1 aromatic carbocycles. The first kappa shape index (κ1) is 10.1. The molecule has 0 bridgehead atoms. The number of carbonyl (C=O) groups excluding carboxylic acids is 1. The van der Waals surface area contributed by atoms with E-state index in [9.17, 15) is 4.79 Å². The van der Waals surface area contributed by atoms with Crippen LogP contribution in [0.25, 0.3) is 0 Å². The van der Waals surface area contributed by atoms with Crippen LogP contribution in [0.1, 0.15) is 25.5 Å². The molecule has 0 radical (unpaired) electrons. The first-order valence-corrected chi connectivity index (χ1v) is 4.40. The SMILES string of the molecule is CC(=O)O[C@@H](C)c1ccc(Cl)cc1. The largest absolute Gasteiger partial charge is 0.458 e. The van der Waals surface area contributed by atoms with Crippen LogP contribution in [0.15, 0.2) is 24.3 Å². The zero-order valence-electron chi connectivity index (χ0n) is 7.58. The molecule has 1 rings (SSSR count). The molecule has 0 aliphatic heterocycles. The normalized spacial score (nSPS) is 12.2. The van der Waals surface area contributed by atoms with Crippen molar-refractivity contribution < 1.29 is 9.53 Å². The van der Waals surface area contributed by atoms with Crippen molar-refractivity contribution in [1.29, 1.82) is 0 Å². The number of rotatable bonds is 2. The lowest BCUT2D eigenvalue weighted by Crippen LogP contribution is -2.04. The number of esters is 1. The second-order valence-electron chi connectivity index (χ2n) is 2.80. The van der Waals surface area contributed by atoms with Crippen molar-refractivity contribution in [2.45, 2.75) is 20.0 Å². The molecule has 0 heterocycles. The summed E-state index contributed by atoms with van der Waals surface area (Å²) in [7, 11) is 0. The van der Waals surface area contributed by atoms with E-state index in [1.165, 1.54) is 6.92 Å². The molecule has 0 unspecified atom stereocenters. The van der Waals surface area contributed by atoms with Crippen LogP contribution in [0.3, 0.4) is 0 Å². The predicted molar refractivity (Wildman–Crippen MR) is 51.6 cm³/mol. The molecule has 3 heteroatoms. The molecule has 0 fully saturated rings. The van der Waals surface area contributed by atoms with Gasteiger partial charge in [0.25, 0.3) is 0 Å². The lowest BCUT2D eigenvalue weighted by molar-refractivity contribution is -0.145. The molecule has 0 aromatic heterocycles. The van der Waals surface area contributed by atoms with E-state index in [4.69, 9.17) is 16.3 Å². The van der Waals surface area contributed by atoms with Crippen molar-refractivity contribution in [3.63, 3.8) is 0 Å². The monoisotopic (exact) mass is 198 g/mol. The second-order valence-corrected chi connectivity index (χ2v) is 3.24. The zero-order chi connectivity index (χ0) is 9.84. The summed E-state index contributed by atoms with van der Waals surface area (Å²) >= 11 is 5.71. The standard InChI is InChI=1S/C10H11ClO2/c1-7(13-8(2)12)9-3-5-10(11)6-4-9/h3-7H,1-2H3/t7-/m0/s1. The Bertz CT molecular complexity index is 292. The van der Waals surface area contributed by atoms with Crippen LogP contribution >= 0.6 is 11.6 Å². The van der Waals surface area contributed by atoms with Gasteiger partial charge in [0.05, 0.1) is 0 Å². The van der Waals surface area contributed by atoms with Gasteiger partial charge in [0, 0.05) is 11.9 Å². The Morgan fingerprint density at radius 3 is 2.38 bits per heavy atom. The molecule has 2 nitrogen and oxygen atoms in total. The van der Waals surface area contributed by atoms with Gasteiger partial charge in [0.2, 0.25) is 0 Å². The lowest BCUT2D eigenvalue weighted by atomic mass is 10.1. The molecule has 0 N–H and O–H groups in total. The Labute approximate surface area is 82.5 Å². The summed E-state index contributed by atoms with van der Waals surface area (Å²) in [6.07, 6.45) is -0.213. The van der Waals surface area contributed by atoms with Gasteiger partial charge in [0.15, 0.2) is 0 Å². The van der Waals surface area contributed by atoms with Crippen molar-refractivity contribution in [3.05, 3.63) is 34.9 Å². The van der Waals surface area contributed by atoms with Gasteiger partial charge >= 0.3 is 5.97 Å². The number of benzene rings is 1. The first-order chi connectivity index (χ1) is 6.09. The Hall–Kier alpha value is -1.02. The van der Waals surface area contributed by atoms with Gasteiger partial charge in [-0.25, -0.2) is 0 Å². The van der Waals surface area contributed by atoms with Gasteiger partial charge in [0.1, 0.15) is 6.10 Å². The van der Waals surface area contributed by atoms with E-state index in [0.29, 0.717) is 5.02 Å². The van der Waals surface area contributed by atoms with E-state index in [1.807, 2.05) is 19.1 Å². The number of carbonyl (C=O) groups is 1. The number of halogens is 1. The highest BCUT2D eigenvalue weighted by molar-refractivity contribution is 6.30. The van der Waals surface area contributed by atoms with Crippen LogP contribution in [0.4, 0.5) is 0 Å². The minimum absolute atomic E-state index is 0.213. The number of ether oxygens (including phenoxy) is 1. The van der Waals surface area contributed by atoms with Crippen molar-refractivity contribution in [3.8, 4) is 0 Å². The third kappa shape index (κ3) is 3.07. The molecule has 0 spiro atoms. The summed E-state index contributed by atoms with van der Waals surface area (Å²) in [5.41, 5.74) is 0.944. The molecule has 0 aliphatic rings. The predicted octanol–water partition coefficient (Wildman–Crippen LogP) is 2.96. The minimum Gasteiger partial charge on any atom is -0.458 e.